The number of rotatable bonds is 4. The number of aromatic nitrogens is 1. The average Bonchev–Trinajstić information content (AvgIpc) is 3.27. The van der Waals surface area contributed by atoms with Gasteiger partial charge in [-0.1, -0.05) is 12.1 Å². The van der Waals surface area contributed by atoms with Crippen LogP contribution >= 0.6 is 0 Å². The van der Waals surface area contributed by atoms with Gasteiger partial charge in [0.1, 0.15) is 0 Å². The molecule has 3 aliphatic heterocycles. The first-order chi connectivity index (χ1) is 12.3. The number of hydrogen-bond donors (Lipinski definition) is 1. The molecule has 1 unspecified atom stereocenters. The maximum atomic E-state index is 6.39. The van der Waals surface area contributed by atoms with E-state index in [2.05, 4.69) is 39.0 Å². The summed E-state index contributed by atoms with van der Waals surface area (Å²) in [5.41, 5.74) is 2.83. The van der Waals surface area contributed by atoms with E-state index in [9.17, 15) is 0 Å². The summed E-state index contributed by atoms with van der Waals surface area (Å²) < 4.78 is 6.39. The fraction of sp³-hybridized carbons (Fsp3) is 0.619. The number of fused-ring (bicyclic) bond motifs is 1. The van der Waals surface area contributed by atoms with E-state index in [0.29, 0.717) is 0 Å². The summed E-state index contributed by atoms with van der Waals surface area (Å²) in [5, 5.41) is 1.36. The van der Waals surface area contributed by atoms with Crippen molar-refractivity contribution in [1.29, 1.82) is 0 Å². The van der Waals surface area contributed by atoms with Crippen molar-refractivity contribution in [2.75, 3.05) is 39.3 Å². The monoisotopic (exact) mass is 339 g/mol. The summed E-state index contributed by atoms with van der Waals surface area (Å²) in [6.45, 7) is 8.08. The lowest BCUT2D eigenvalue weighted by atomic mass is 9.82. The zero-order valence-electron chi connectivity index (χ0n) is 15.0. The van der Waals surface area contributed by atoms with Crippen molar-refractivity contribution < 1.29 is 4.74 Å². The van der Waals surface area contributed by atoms with Gasteiger partial charge < -0.3 is 14.6 Å². The number of nitrogens with zero attached hydrogens (tertiary/aromatic N) is 2. The van der Waals surface area contributed by atoms with E-state index in [1.165, 1.54) is 61.8 Å². The highest BCUT2D eigenvalue weighted by molar-refractivity contribution is 5.82. The van der Waals surface area contributed by atoms with Gasteiger partial charge in [-0.25, -0.2) is 0 Å². The molecular formula is C21H29N3O. The third-order valence-corrected chi connectivity index (χ3v) is 6.45. The Kier molecular flexibility index (Phi) is 4.07. The van der Waals surface area contributed by atoms with Gasteiger partial charge in [0.05, 0.1) is 12.2 Å². The highest BCUT2D eigenvalue weighted by Gasteiger charge is 2.46. The van der Waals surface area contributed by atoms with Gasteiger partial charge in [0.15, 0.2) is 0 Å². The van der Waals surface area contributed by atoms with E-state index < -0.39 is 0 Å². The van der Waals surface area contributed by atoms with Crippen LogP contribution in [-0.4, -0.2) is 59.7 Å². The van der Waals surface area contributed by atoms with Crippen LogP contribution in [0, 0.1) is 5.92 Å². The summed E-state index contributed by atoms with van der Waals surface area (Å²) in [6, 6.07) is 8.76. The first-order valence-corrected chi connectivity index (χ1v) is 9.93. The molecule has 0 aliphatic carbocycles. The second-order valence-electron chi connectivity index (χ2n) is 8.41. The van der Waals surface area contributed by atoms with Gasteiger partial charge in [0.25, 0.3) is 0 Å². The number of benzene rings is 1. The molecule has 3 aliphatic rings. The van der Waals surface area contributed by atoms with Crippen molar-refractivity contribution in [3.05, 3.63) is 36.0 Å². The number of H-pyrrole nitrogens is 1. The van der Waals surface area contributed by atoms with Crippen molar-refractivity contribution in [3.63, 3.8) is 0 Å². The minimum atomic E-state index is 0.160. The van der Waals surface area contributed by atoms with Gasteiger partial charge in [-0.05, 0) is 62.4 Å². The van der Waals surface area contributed by atoms with Crippen LogP contribution in [0.2, 0.25) is 0 Å². The number of likely N-dealkylation sites (tertiary alicyclic amines) is 2. The topological polar surface area (TPSA) is 31.5 Å². The molecule has 1 N–H and O–H groups in total. The van der Waals surface area contributed by atoms with E-state index >= 15 is 0 Å². The molecule has 4 nitrogen and oxygen atoms in total. The summed E-state index contributed by atoms with van der Waals surface area (Å²) >= 11 is 0. The van der Waals surface area contributed by atoms with Gasteiger partial charge >= 0.3 is 0 Å². The number of aromatic amines is 1. The fourth-order valence-corrected chi connectivity index (χ4v) is 5.05. The van der Waals surface area contributed by atoms with Crippen LogP contribution in [-0.2, 0) is 11.3 Å². The average molecular weight is 339 g/mol. The first-order valence-electron chi connectivity index (χ1n) is 9.93. The maximum Gasteiger partial charge on any atom is 0.0935 e. The van der Waals surface area contributed by atoms with Crippen molar-refractivity contribution in [1.82, 2.24) is 14.8 Å². The Bertz CT molecular complexity index is 718. The summed E-state index contributed by atoms with van der Waals surface area (Å²) in [4.78, 5) is 8.49. The minimum Gasteiger partial charge on any atom is -0.372 e. The van der Waals surface area contributed by atoms with Crippen LogP contribution in [0.5, 0.6) is 0 Å². The largest absolute Gasteiger partial charge is 0.372 e. The summed E-state index contributed by atoms with van der Waals surface area (Å²) in [7, 11) is 0. The number of hydrogen-bond acceptors (Lipinski definition) is 3. The lowest BCUT2D eigenvalue weighted by Gasteiger charge is -2.53. The zero-order valence-corrected chi connectivity index (χ0v) is 15.0. The van der Waals surface area contributed by atoms with Gasteiger partial charge in [0, 0.05) is 43.3 Å². The molecule has 5 rings (SSSR count). The highest BCUT2D eigenvalue weighted by Crippen LogP contribution is 2.37. The lowest BCUT2D eigenvalue weighted by molar-refractivity contribution is -0.183. The fourth-order valence-electron chi connectivity index (χ4n) is 5.05. The Balaban J connectivity index is 1.14. The molecule has 4 heteroatoms. The van der Waals surface area contributed by atoms with Gasteiger partial charge in [0.2, 0.25) is 0 Å². The van der Waals surface area contributed by atoms with Crippen molar-refractivity contribution in [3.8, 4) is 0 Å². The normalized spacial score (nSPS) is 27.1. The predicted octanol–water partition coefficient (Wildman–Crippen LogP) is 3.24. The summed E-state index contributed by atoms with van der Waals surface area (Å²) in [6.07, 6.45) is 7.41. The quantitative estimate of drug-likeness (QED) is 0.928. The Morgan fingerprint density at radius 3 is 2.80 bits per heavy atom. The smallest absolute Gasteiger partial charge is 0.0935 e. The Morgan fingerprint density at radius 2 is 2.00 bits per heavy atom. The van der Waals surface area contributed by atoms with E-state index in [4.69, 9.17) is 4.74 Å². The molecular weight excluding hydrogens is 310 g/mol. The molecule has 0 amide bonds. The van der Waals surface area contributed by atoms with Crippen molar-refractivity contribution >= 4 is 10.9 Å². The van der Waals surface area contributed by atoms with Gasteiger partial charge in [-0.15, -0.1) is 0 Å². The maximum absolute atomic E-state index is 6.39. The molecule has 3 saturated heterocycles. The lowest BCUT2D eigenvalue weighted by Crippen LogP contribution is -2.64. The molecule has 25 heavy (non-hydrogen) atoms. The Labute approximate surface area is 150 Å². The number of nitrogens with one attached hydrogen (secondary N) is 1. The molecule has 4 heterocycles. The molecule has 1 spiro atoms. The molecule has 0 bridgehead atoms. The SMILES string of the molecule is c1cc(CN2CC3(CCC(CN4CCCC4)CO3)C2)c2cc[nH]c2c1. The molecule has 1 aromatic heterocycles. The van der Waals surface area contributed by atoms with Crippen LogP contribution in [0.3, 0.4) is 0 Å². The summed E-state index contributed by atoms with van der Waals surface area (Å²) in [5.74, 6) is 0.756. The van der Waals surface area contributed by atoms with Crippen molar-refractivity contribution in [2.45, 2.75) is 37.8 Å². The molecule has 1 aromatic carbocycles. The molecule has 3 fully saturated rings. The van der Waals surface area contributed by atoms with Crippen molar-refractivity contribution in [2.24, 2.45) is 5.92 Å². The van der Waals surface area contributed by atoms with Crippen LogP contribution in [0.15, 0.2) is 30.5 Å². The van der Waals surface area contributed by atoms with Crippen LogP contribution in [0.4, 0.5) is 0 Å². The minimum absolute atomic E-state index is 0.160. The Morgan fingerprint density at radius 1 is 1.12 bits per heavy atom. The molecule has 1 atom stereocenters. The standard InChI is InChI=1S/C21H29N3O/c1-2-11-23(10-1)12-17-6-8-21(25-14-17)15-24(16-21)13-18-4-3-5-20-19(18)7-9-22-20/h3-5,7,9,17,22H,1-2,6,8,10-16H2. The van der Waals surface area contributed by atoms with Crippen LogP contribution < -0.4 is 0 Å². The molecule has 0 saturated carbocycles. The predicted molar refractivity (Wildman–Crippen MR) is 101 cm³/mol. The number of ether oxygens (including phenoxy) is 1. The van der Waals surface area contributed by atoms with Gasteiger partial charge in [-0.2, -0.15) is 0 Å². The second kappa shape index (κ2) is 6.42. The van der Waals surface area contributed by atoms with E-state index in [-0.39, 0.29) is 5.60 Å². The van der Waals surface area contributed by atoms with E-state index in [1.807, 2.05) is 6.20 Å². The van der Waals surface area contributed by atoms with Crippen LogP contribution in [0.1, 0.15) is 31.2 Å². The molecule has 2 aromatic rings. The first kappa shape index (κ1) is 15.9. The third-order valence-electron chi connectivity index (χ3n) is 6.45. The molecule has 134 valence electrons. The van der Waals surface area contributed by atoms with E-state index in [1.54, 1.807) is 0 Å². The zero-order chi connectivity index (χ0) is 16.7. The third kappa shape index (κ3) is 3.12. The van der Waals surface area contributed by atoms with Crippen LogP contribution in [0.25, 0.3) is 10.9 Å². The highest BCUT2D eigenvalue weighted by atomic mass is 16.5. The molecule has 0 radical (unpaired) electrons. The Hall–Kier alpha value is -1.36. The van der Waals surface area contributed by atoms with E-state index in [0.717, 1.165) is 32.2 Å². The van der Waals surface area contributed by atoms with Gasteiger partial charge in [-0.3, -0.25) is 4.90 Å². The second-order valence-corrected chi connectivity index (χ2v) is 8.41.